The molecule has 7 nitrogen and oxygen atoms in total. The molecule has 1 saturated heterocycles. The van der Waals surface area contributed by atoms with Crippen molar-refractivity contribution in [2.24, 2.45) is 0 Å². The summed E-state index contributed by atoms with van der Waals surface area (Å²) in [5.41, 5.74) is 0.488. The van der Waals surface area contributed by atoms with Crippen LogP contribution in [-0.2, 0) is 0 Å². The number of hydrogen-bond acceptors (Lipinski definition) is 6. The van der Waals surface area contributed by atoms with E-state index in [0.717, 1.165) is 38.9 Å². The highest BCUT2D eigenvalue weighted by Gasteiger charge is 2.25. The molecule has 1 amide bonds. The Kier molecular flexibility index (Phi) is 8.00. The highest BCUT2D eigenvalue weighted by Crippen LogP contribution is 2.35. The minimum absolute atomic E-state index is 0.0530. The molecule has 1 aromatic carbocycles. The molecule has 1 aliphatic rings. The van der Waals surface area contributed by atoms with E-state index in [4.69, 9.17) is 19.3 Å². The van der Waals surface area contributed by atoms with E-state index in [1.807, 2.05) is 4.90 Å². The first-order chi connectivity index (χ1) is 12.6. The molecule has 1 aromatic rings. The lowest BCUT2D eigenvalue weighted by Gasteiger charge is -2.35. The van der Waals surface area contributed by atoms with Crippen molar-refractivity contribution in [1.29, 1.82) is 0 Å². The van der Waals surface area contributed by atoms with Crippen molar-refractivity contribution >= 4 is 5.91 Å². The number of amides is 1. The van der Waals surface area contributed by atoms with Crippen molar-refractivity contribution in [3.8, 4) is 17.2 Å². The lowest BCUT2D eigenvalue weighted by molar-refractivity contribution is 0.0631. The van der Waals surface area contributed by atoms with Gasteiger partial charge in [-0.2, -0.15) is 0 Å². The molecule has 0 aliphatic carbocycles. The van der Waals surface area contributed by atoms with Crippen molar-refractivity contribution in [2.45, 2.75) is 19.3 Å². The Morgan fingerprint density at radius 3 is 2.12 bits per heavy atom. The van der Waals surface area contributed by atoms with Gasteiger partial charge in [0.2, 0.25) is 0 Å². The number of ether oxygens (including phenoxy) is 3. The average molecular weight is 366 g/mol. The van der Waals surface area contributed by atoms with Gasteiger partial charge in [-0.3, -0.25) is 9.69 Å². The summed E-state index contributed by atoms with van der Waals surface area (Å²) in [6.45, 7) is 4.38. The van der Waals surface area contributed by atoms with Gasteiger partial charge in [0.05, 0.1) is 26.9 Å². The first-order valence-electron chi connectivity index (χ1n) is 9.07. The van der Waals surface area contributed by atoms with E-state index in [0.29, 0.717) is 35.9 Å². The maximum absolute atomic E-state index is 13.0. The first-order valence-corrected chi connectivity index (χ1v) is 9.07. The summed E-state index contributed by atoms with van der Waals surface area (Å²) in [6, 6.07) is 3.37. The number of nitrogens with zero attached hydrogens (tertiary/aromatic N) is 2. The second kappa shape index (κ2) is 10.2. The lowest BCUT2D eigenvalue weighted by Crippen LogP contribution is -2.48. The number of methoxy groups -OCH3 is 3. The number of aliphatic hydroxyl groups is 1. The van der Waals surface area contributed by atoms with E-state index in [2.05, 4.69) is 4.90 Å². The molecule has 0 atom stereocenters. The van der Waals surface area contributed by atoms with Crippen LogP contribution in [0.25, 0.3) is 0 Å². The normalized spacial score (nSPS) is 15.0. The number of aliphatic hydroxyl groups excluding tert-OH is 1. The number of unbranched alkanes of at least 4 members (excludes halogenated alkanes) is 2. The maximum Gasteiger partial charge on any atom is 0.257 e. The summed E-state index contributed by atoms with van der Waals surface area (Å²) in [7, 11) is 4.65. The SMILES string of the molecule is COc1cc(OC)c(C(=O)N2CCN(CCCCCO)CC2)cc1OC. The number of benzene rings is 1. The van der Waals surface area contributed by atoms with Crippen molar-refractivity contribution < 1.29 is 24.1 Å². The largest absolute Gasteiger partial charge is 0.496 e. The third-order valence-electron chi connectivity index (χ3n) is 4.73. The highest BCUT2D eigenvalue weighted by atomic mass is 16.5. The van der Waals surface area contributed by atoms with Crippen LogP contribution in [0.15, 0.2) is 12.1 Å². The molecule has 146 valence electrons. The molecule has 0 unspecified atom stereocenters. The molecule has 0 bridgehead atoms. The minimum atomic E-state index is -0.0530. The molecular weight excluding hydrogens is 336 g/mol. The van der Waals surface area contributed by atoms with E-state index >= 15 is 0 Å². The number of piperazine rings is 1. The number of rotatable bonds is 9. The van der Waals surface area contributed by atoms with Gasteiger partial charge in [0.1, 0.15) is 5.75 Å². The monoisotopic (exact) mass is 366 g/mol. The van der Waals surface area contributed by atoms with Crippen LogP contribution in [0, 0.1) is 0 Å². The molecule has 0 radical (unpaired) electrons. The Hall–Kier alpha value is -1.99. The third kappa shape index (κ3) is 5.02. The zero-order valence-corrected chi connectivity index (χ0v) is 16.0. The quantitative estimate of drug-likeness (QED) is 0.670. The van der Waals surface area contributed by atoms with Crippen LogP contribution in [0.2, 0.25) is 0 Å². The molecular formula is C19H30N2O5. The number of carbonyl (C=O) groups is 1. The van der Waals surface area contributed by atoms with Crippen LogP contribution < -0.4 is 14.2 Å². The molecule has 0 spiro atoms. The van der Waals surface area contributed by atoms with Gasteiger partial charge in [0.15, 0.2) is 11.5 Å². The Morgan fingerprint density at radius 2 is 1.54 bits per heavy atom. The van der Waals surface area contributed by atoms with Gasteiger partial charge < -0.3 is 24.2 Å². The van der Waals surface area contributed by atoms with E-state index < -0.39 is 0 Å². The Bertz CT molecular complexity index is 586. The van der Waals surface area contributed by atoms with Crippen molar-refractivity contribution in [1.82, 2.24) is 9.80 Å². The molecule has 1 heterocycles. The fourth-order valence-electron chi connectivity index (χ4n) is 3.17. The Labute approximate surface area is 155 Å². The highest BCUT2D eigenvalue weighted by molar-refractivity contribution is 5.98. The maximum atomic E-state index is 13.0. The summed E-state index contributed by atoms with van der Waals surface area (Å²) < 4.78 is 16.0. The first kappa shape index (κ1) is 20.3. The van der Waals surface area contributed by atoms with Crippen LogP contribution >= 0.6 is 0 Å². The standard InChI is InChI=1S/C19H30N2O5/c1-24-16-14-18(26-3)17(25-2)13-15(16)19(23)21-10-8-20(9-11-21)7-5-4-6-12-22/h13-14,22H,4-12H2,1-3H3. The van der Waals surface area contributed by atoms with E-state index in [-0.39, 0.29) is 12.5 Å². The molecule has 0 saturated carbocycles. The third-order valence-corrected chi connectivity index (χ3v) is 4.73. The smallest absolute Gasteiger partial charge is 0.257 e. The molecule has 0 aromatic heterocycles. The van der Waals surface area contributed by atoms with Gasteiger partial charge in [-0.15, -0.1) is 0 Å². The van der Waals surface area contributed by atoms with Crippen molar-refractivity contribution in [2.75, 3.05) is 60.7 Å². The summed E-state index contributed by atoms with van der Waals surface area (Å²) in [5.74, 6) is 1.48. The van der Waals surface area contributed by atoms with Crippen LogP contribution in [0.5, 0.6) is 17.2 Å². The summed E-state index contributed by atoms with van der Waals surface area (Å²) in [5, 5.41) is 8.84. The topological polar surface area (TPSA) is 71.5 Å². The van der Waals surface area contributed by atoms with Gasteiger partial charge in [0, 0.05) is 44.9 Å². The van der Waals surface area contributed by atoms with Crippen LogP contribution in [0.4, 0.5) is 0 Å². The molecule has 26 heavy (non-hydrogen) atoms. The van der Waals surface area contributed by atoms with Crippen LogP contribution in [-0.4, -0.2) is 81.5 Å². The average Bonchev–Trinajstić information content (AvgIpc) is 2.70. The minimum Gasteiger partial charge on any atom is -0.496 e. The zero-order chi connectivity index (χ0) is 18.9. The van der Waals surface area contributed by atoms with Gasteiger partial charge in [0.25, 0.3) is 5.91 Å². The van der Waals surface area contributed by atoms with E-state index in [9.17, 15) is 4.79 Å². The van der Waals surface area contributed by atoms with Gasteiger partial charge in [-0.25, -0.2) is 0 Å². The number of hydrogen-bond donors (Lipinski definition) is 1. The Morgan fingerprint density at radius 1 is 0.923 bits per heavy atom. The molecule has 1 N–H and O–H groups in total. The fourth-order valence-corrected chi connectivity index (χ4v) is 3.17. The summed E-state index contributed by atoms with van der Waals surface area (Å²) >= 11 is 0. The second-order valence-electron chi connectivity index (χ2n) is 6.33. The molecule has 1 fully saturated rings. The predicted octanol–water partition coefficient (Wildman–Crippen LogP) is 1.63. The van der Waals surface area contributed by atoms with E-state index in [1.165, 1.54) is 0 Å². The van der Waals surface area contributed by atoms with Crippen LogP contribution in [0.1, 0.15) is 29.6 Å². The van der Waals surface area contributed by atoms with Gasteiger partial charge in [-0.05, 0) is 25.8 Å². The molecule has 1 aliphatic heterocycles. The van der Waals surface area contributed by atoms with Crippen molar-refractivity contribution in [3.63, 3.8) is 0 Å². The lowest BCUT2D eigenvalue weighted by atomic mass is 10.1. The fraction of sp³-hybridized carbons (Fsp3) is 0.632. The van der Waals surface area contributed by atoms with Crippen LogP contribution in [0.3, 0.4) is 0 Å². The molecule has 7 heteroatoms. The predicted molar refractivity (Wildman–Crippen MR) is 99.4 cm³/mol. The zero-order valence-electron chi connectivity index (χ0n) is 16.0. The van der Waals surface area contributed by atoms with E-state index in [1.54, 1.807) is 33.5 Å². The van der Waals surface area contributed by atoms with Gasteiger partial charge in [-0.1, -0.05) is 0 Å². The van der Waals surface area contributed by atoms with Crippen molar-refractivity contribution in [3.05, 3.63) is 17.7 Å². The van der Waals surface area contributed by atoms with Gasteiger partial charge >= 0.3 is 0 Å². The Balaban J connectivity index is 1.99. The second-order valence-corrected chi connectivity index (χ2v) is 6.33. The number of carbonyl (C=O) groups excluding carboxylic acids is 1. The molecule has 2 rings (SSSR count). The summed E-state index contributed by atoms with van der Waals surface area (Å²) in [4.78, 5) is 17.2. The summed E-state index contributed by atoms with van der Waals surface area (Å²) in [6.07, 6.45) is 2.98.